The molecule has 1 rings (SSSR count). The van der Waals surface area contributed by atoms with Crippen LogP contribution in [0.3, 0.4) is 0 Å². The van der Waals surface area contributed by atoms with E-state index in [2.05, 4.69) is 19.2 Å². The number of sulfonamides is 1. The first-order valence-corrected chi connectivity index (χ1v) is 12.0. The fourth-order valence-corrected chi connectivity index (χ4v) is 4.05. The molecular formula is C19H30Cl2N2O3S. The minimum absolute atomic E-state index is 0.0486. The topological polar surface area (TPSA) is 66.5 Å². The van der Waals surface area contributed by atoms with Gasteiger partial charge in [-0.2, -0.15) is 0 Å². The minimum Gasteiger partial charge on any atom is -0.356 e. The van der Waals surface area contributed by atoms with Crippen molar-refractivity contribution in [1.29, 1.82) is 0 Å². The molecule has 0 bridgehead atoms. The van der Waals surface area contributed by atoms with E-state index in [1.165, 1.54) is 16.8 Å². The maximum absolute atomic E-state index is 12.1. The molecule has 0 fully saturated rings. The second-order valence-corrected chi connectivity index (χ2v) is 9.48. The van der Waals surface area contributed by atoms with Gasteiger partial charge in [-0.15, -0.1) is 0 Å². The Hall–Kier alpha value is -0.980. The number of rotatable bonds is 12. The maximum atomic E-state index is 12.1. The van der Waals surface area contributed by atoms with E-state index < -0.39 is 10.0 Å². The van der Waals surface area contributed by atoms with Crippen molar-refractivity contribution in [2.45, 2.75) is 52.4 Å². The summed E-state index contributed by atoms with van der Waals surface area (Å²) in [5.74, 6) is 0.449. The van der Waals surface area contributed by atoms with Gasteiger partial charge in [-0.1, -0.05) is 56.3 Å². The number of carbonyl (C=O) groups is 1. The average Bonchev–Trinajstić information content (AvgIpc) is 2.60. The average molecular weight is 437 g/mol. The standard InChI is InChI=1S/C19H30Cl2N2O3S/c1-4-6-8-15(5-2)14-22-19(24)9-7-12-23(27(3,25)26)16-10-11-17(20)18(21)13-16/h10-11,13,15H,4-9,12,14H2,1-3H3,(H,22,24). The molecule has 1 aromatic carbocycles. The molecule has 0 aliphatic heterocycles. The van der Waals surface area contributed by atoms with E-state index in [4.69, 9.17) is 23.2 Å². The van der Waals surface area contributed by atoms with Crippen LogP contribution in [-0.2, 0) is 14.8 Å². The van der Waals surface area contributed by atoms with Crippen LogP contribution >= 0.6 is 23.2 Å². The molecule has 0 saturated carbocycles. The zero-order valence-electron chi connectivity index (χ0n) is 16.3. The predicted molar refractivity (Wildman–Crippen MR) is 114 cm³/mol. The molecule has 1 amide bonds. The van der Waals surface area contributed by atoms with Crippen molar-refractivity contribution < 1.29 is 13.2 Å². The first-order chi connectivity index (χ1) is 12.7. The molecule has 27 heavy (non-hydrogen) atoms. The molecule has 1 atom stereocenters. The van der Waals surface area contributed by atoms with Gasteiger partial charge < -0.3 is 5.32 Å². The Kier molecular flexibility index (Phi) is 10.5. The van der Waals surface area contributed by atoms with Gasteiger partial charge in [-0.05, 0) is 37.0 Å². The summed E-state index contributed by atoms with van der Waals surface area (Å²) in [4.78, 5) is 12.1. The van der Waals surface area contributed by atoms with Crippen molar-refractivity contribution in [3.63, 3.8) is 0 Å². The third-order valence-electron chi connectivity index (χ3n) is 4.49. The molecule has 1 aromatic rings. The van der Waals surface area contributed by atoms with Gasteiger partial charge in [0.2, 0.25) is 15.9 Å². The number of amides is 1. The van der Waals surface area contributed by atoms with Crippen LogP contribution in [0, 0.1) is 5.92 Å². The summed E-state index contributed by atoms with van der Waals surface area (Å²) >= 11 is 11.9. The van der Waals surface area contributed by atoms with Gasteiger partial charge >= 0.3 is 0 Å². The summed E-state index contributed by atoms with van der Waals surface area (Å²) in [5.41, 5.74) is 0.443. The van der Waals surface area contributed by atoms with E-state index in [0.717, 1.165) is 25.5 Å². The second kappa shape index (κ2) is 11.8. The Balaban J connectivity index is 2.57. The molecule has 0 aromatic heterocycles. The normalized spacial score (nSPS) is 12.6. The van der Waals surface area contributed by atoms with E-state index in [9.17, 15) is 13.2 Å². The summed E-state index contributed by atoms with van der Waals surface area (Å²) < 4.78 is 25.5. The number of nitrogens with zero attached hydrogens (tertiary/aromatic N) is 1. The number of carbonyl (C=O) groups excluding carboxylic acids is 1. The van der Waals surface area contributed by atoms with Gasteiger partial charge in [0.05, 0.1) is 22.0 Å². The monoisotopic (exact) mass is 436 g/mol. The second-order valence-electron chi connectivity index (χ2n) is 6.76. The van der Waals surface area contributed by atoms with Crippen LogP contribution in [0.25, 0.3) is 0 Å². The number of nitrogens with one attached hydrogen (secondary N) is 1. The number of benzene rings is 1. The molecule has 0 radical (unpaired) electrons. The molecule has 0 spiro atoms. The van der Waals surface area contributed by atoms with Gasteiger partial charge in [0.25, 0.3) is 0 Å². The highest BCUT2D eigenvalue weighted by atomic mass is 35.5. The molecule has 1 N–H and O–H groups in total. The fraction of sp³-hybridized carbons (Fsp3) is 0.632. The van der Waals surface area contributed by atoms with E-state index in [0.29, 0.717) is 34.6 Å². The van der Waals surface area contributed by atoms with Crippen LogP contribution in [0.1, 0.15) is 52.4 Å². The van der Waals surface area contributed by atoms with E-state index in [-0.39, 0.29) is 18.9 Å². The predicted octanol–water partition coefficient (Wildman–Crippen LogP) is 4.87. The van der Waals surface area contributed by atoms with Crippen LogP contribution in [-0.4, -0.2) is 33.7 Å². The number of halogens is 2. The van der Waals surface area contributed by atoms with Crippen LogP contribution in [0.2, 0.25) is 10.0 Å². The Labute approximate surface area is 173 Å². The highest BCUT2D eigenvalue weighted by Crippen LogP contribution is 2.28. The molecule has 0 heterocycles. The van der Waals surface area contributed by atoms with Crippen molar-refractivity contribution in [1.82, 2.24) is 5.32 Å². The van der Waals surface area contributed by atoms with Gasteiger partial charge in [0.1, 0.15) is 0 Å². The first kappa shape index (κ1) is 24.1. The summed E-state index contributed by atoms with van der Waals surface area (Å²) in [6.45, 7) is 5.18. The lowest BCUT2D eigenvalue weighted by atomic mass is 9.99. The van der Waals surface area contributed by atoms with Gasteiger partial charge in [0.15, 0.2) is 0 Å². The summed E-state index contributed by atoms with van der Waals surface area (Å²) in [6, 6.07) is 4.69. The molecule has 8 heteroatoms. The SMILES string of the molecule is CCCCC(CC)CNC(=O)CCCN(c1ccc(Cl)c(Cl)c1)S(C)(=O)=O. The first-order valence-electron chi connectivity index (χ1n) is 9.38. The zero-order chi connectivity index (χ0) is 20.4. The van der Waals surface area contributed by atoms with Crippen molar-refractivity contribution in [3.8, 4) is 0 Å². The Morgan fingerprint density at radius 1 is 1.19 bits per heavy atom. The van der Waals surface area contributed by atoms with Crippen molar-refractivity contribution >= 4 is 44.8 Å². The van der Waals surface area contributed by atoms with Crippen LogP contribution in [0.15, 0.2) is 18.2 Å². The lowest BCUT2D eigenvalue weighted by Gasteiger charge is -2.23. The minimum atomic E-state index is -3.49. The van der Waals surface area contributed by atoms with Crippen molar-refractivity contribution in [2.75, 3.05) is 23.7 Å². The lowest BCUT2D eigenvalue weighted by molar-refractivity contribution is -0.121. The van der Waals surface area contributed by atoms with Crippen LogP contribution in [0.4, 0.5) is 5.69 Å². The van der Waals surface area contributed by atoms with E-state index >= 15 is 0 Å². The van der Waals surface area contributed by atoms with Gasteiger partial charge in [-0.25, -0.2) is 8.42 Å². The van der Waals surface area contributed by atoms with E-state index in [1.54, 1.807) is 12.1 Å². The smallest absolute Gasteiger partial charge is 0.232 e. The van der Waals surface area contributed by atoms with Crippen molar-refractivity contribution in [3.05, 3.63) is 28.2 Å². The number of hydrogen-bond acceptors (Lipinski definition) is 3. The molecule has 154 valence electrons. The zero-order valence-corrected chi connectivity index (χ0v) is 18.6. The molecule has 1 unspecified atom stereocenters. The third-order valence-corrected chi connectivity index (χ3v) is 6.42. The quantitative estimate of drug-likeness (QED) is 0.507. The molecule has 0 aliphatic carbocycles. The number of hydrogen-bond donors (Lipinski definition) is 1. The Morgan fingerprint density at radius 2 is 1.89 bits per heavy atom. The molecular weight excluding hydrogens is 407 g/mol. The highest BCUT2D eigenvalue weighted by molar-refractivity contribution is 7.92. The Morgan fingerprint density at radius 3 is 2.44 bits per heavy atom. The maximum Gasteiger partial charge on any atom is 0.232 e. The fourth-order valence-electron chi connectivity index (χ4n) is 2.80. The van der Waals surface area contributed by atoms with Gasteiger partial charge in [-0.3, -0.25) is 9.10 Å². The van der Waals surface area contributed by atoms with Gasteiger partial charge in [0, 0.05) is 19.5 Å². The largest absolute Gasteiger partial charge is 0.356 e. The van der Waals surface area contributed by atoms with Crippen LogP contribution < -0.4 is 9.62 Å². The van der Waals surface area contributed by atoms with Crippen molar-refractivity contribution in [2.24, 2.45) is 5.92 Å². The third kappa shape index (κ3) is 8.71. The summed E-state index contributed by atoms with van der Waals surface area (Å²) in [6.07, 6.45) is 6.31. The highest BCUT2D eigenvalue weighted by Gasteiger charge is 2.18. The molecule has 0 saturated heterocycles. The molecule has 0 aliphatic rings. The molecule has 5 nitrogen and oxygen atoms in total. The van der Waals surface area contributed by atoms with Crippen LogP contribution in [0.5, 0.6) is 0 Å². The summed E-state index contributed by atoms with van der Waals surface area (Å²) in [7, 11) is -3.49. The number of anilines is 1. The summed E-state index contributed by atoms with van der Waals surface area (Å²) in [5, 5.41) is 3.62. The Bertz CT molecular complexity index is 711. The number of unbranched alkanes of at least 4 members (excludes halogenated alkanes) is 1. The van der Waals surface area contributed by atoms with E-state index in [1.807, 2.05) is 0 Å². The lowest BCUT2D eigenvalue weighted by Crippen LogP contribution is -2.33.